The van der Waals surface area contributed by atoms with Gasteiger partial charge in [-0.3, -0.25) is 4.79 Å². The summed E-state index contributed by atoms with van der Waals surface area (Å²) < 4.78 is 3.96. The topological polar surface area (TPSA) is 42.4 Å². The third kappa shape index (κ3) is 2.48. The van der Waals surface area contributed by atoms with E-state index in [1.165, 1.54) is 11.8 Å². The highest BCUT2D eigenvalue weighted by atomic mass is 35.5. The summed E-state index contributed by atoms with van der Waals surface area (Å²) in [5.41, 5.74) is 1.44. The predicted octanol–water partition coefficient (Wildman–Crippen LogP) is 2.31. The molecule has 0 aromatic carbocycles. The Balaban J connectivity index is 2.39. The van der Waals surface area contributed by atoms with E-state index in [4.69, 9.17) is 27.9 Å². The number of rotatable bonds is 1. The first-order valence-corrected chi connectivity index (χ1v) is 5.95. The average Bonchev–Trinajstić information content (AvgIpc) is 2.25. The summed E-state index contributed by atoms with van der Waals surface area (Å²) >= 11 is 11.7. The zero-order valence-corrected chi connectivity index (χ0v) is 11.0. The molecule has 2 rings (SSSR count). The van der Waals surface area contributed by atoms with Crippen LogP contribution in [-0.4, -0.2) is 28.4 Å². The fraction of sp³-hybridized carbons (Fsp3) is 0.455. The number of amides is 1. The molecule has 92 valence electrons. The molecule has 0 N–H and O–H groups in total. The van der Waals surface area contributed by atoms with Crippen LogP contribution in [0.3, 0.4) is 0 Å². The predicted molar refractivity (Wildman–Crippen MR) is 66.9 cm³/mol. The third-order valence-electron chi connectivity index (χ3n) is 2.44. The number of carbonyl (C=O) groups excluding carboxylic acids is 1. The SMILES string of the molecule is Cc1ccc2c(n1)OCCN2C(=O)C(C)(Cl)Cl. The van der Waals surface area contributed by atoms with Crippen molar-refractivity contribution in [2.75, 3.05) is 18.1 Å². The van der Waals surface area contributed by atoms with E-state index < -0.39 is 4.33 Å². The van der Waals surface area contributed by atoms with Gasteiger partial charge in [-0.2, -0.15) is 0 Å². The molecule has 0 unspecified atom stereocenters. The van der Waals surface area contributed by atoms with E-state index in [9.17, 15) is 4.79 Å². The van der Waals surface area contributed by atoms with Gasteiger partial charge in [0.15, 0.2) is 4.33 Å². The van der Waals surface area contributed by atoms with Crippen molar-refractivity contribution >= 4 is 34.8 Å². The van der Waals surface area contributed by atoms with Crippen molar-refractivity contribution in [2.24, 2.45) is 0 Å². The number of hydrogen-bond donors (Lipinski definition) is 0. The van der Waals surface area contributed by atoms with Crippen LogP contribution < -0.4 is 9.64 Å². The van der Waals surface area contributed by atoms with Gasteiger partial charge in [0.1, 0.15) is 12.3 Å². The number of pyridine rings is 1. The summed E-state index contributed by atoms with van der Waals surface area (Å²) in [6.45, 7) is 4.12. The second-order valence-electron chi connectivity index (χ2n) is 3.97. The molecule has 0 bridgehead atoms. The molecule has 1 amide bonds. The average molecular weight is 275 g/mol. The molecule has 0 radical (unpaired) electrons. The van der Waals surface area contributed by atoms with Gasteiger partial charge in [-0.25, -0.2) is 4.98 Å². The molecule has 0 saturated heterocycles. The van der Waals surface area contributed by atoms with Gasteiger partial charge in [0.2, 0.25) is 5.88 Å². The molecule has 1 aromatic rings. The van der Waals surface area contributed by atoms with Gasteiger partial charge in [-0.05, 0) is 26.0 Å². The number of alkyl halides is 2. The monoisotopic (exact) mass is 274 g/mol. The first-order chi connectivity index (χ1) is 7.89. The van der Waals surface area contributed by atoms with Gasteiger partial charge in [-0.15, -0.1) is 0 Å². The van der Waals surface area contributed by atoms with Crippen LogP contribution in [0.15, 0.2) is 12.1 Å². The highest BCUT2D eigenvalue weighted by Gasteiger charge is 2.36. The molecule has 2 heterocycles. The number of ether oxygens (including phenoxy) is 1. The third-order valence-corrected chi connectivity index (χ3v) is 2.77. The molecule has 6 heteroatoms. The first kappa shape index (κ1) is 12.5. The van der Waals surface area contributed by atoms with E-state index in [2.05, 4.69) is 4.98 Å². The van der Waals surface area contributed by atoms with E-state index in [-0.39, 0.29) is 5.91 Å². The maximum Gasteiger partial charge on any atom is 0.263 e. The molecule has 1 aromatic heterocycles. The van der Waals surface area contributed by atoms with Crippen LogP contribution in [0.25, 0.3) is 0 Å². The minimum Gasteiger partial charge on any atom is -0.474 e. The molecular weight excluding hydrogens is 263 g/mol. The van der Waals surface area contributed by atoms with Gasteiger partial charge in [0, 0.05) is 5.69 Å². The summed E-state index contributed by atoms with van der Waals surface area (Å²) in [7, 11) is 0. The molecule has 0 aliphatic carbocycles. The molecule has 4 nitrogen and oxygen atoms in total. The number of carbonyl (C=O) groups is 1. The smallest absolute Gasteiger partial charge is 0.263 e. The highest BCUT2D eigenvalue weighted by molar-refractivity contribution is 6.58. The van der Waals surface area contributed by atoms with Crippen LogP contribution in [0.4, 0.5) is 5.69 Å². The second-order valence-corrected chi connectivity index (χ2v) is 5.68. The zero-order chi connectivity index (χ0) is 12.6. The van der Waals surface area contributed by atoms with Crippen molar-refractivity contribution < 1.29 is 9.53 Å². The minimum atomic E-state index is -1.44. The maximum absolute atomic E-state index is 12.0. The van der Waals surface area contributed by atoms with Gasteiger partial charge in [0.25, 0.3) is 5.91 Å². The van der Waals surface area contributed by atoms with Crippen LogP contribution in [0, 0.1) is 6.92 Å². The number of aromatic nitrogens is 1. The summed E-state index contributed by atoms with van der Waals surface area (Å²) in [6.07, 6.45) is 0. The van der Waals surface area contributed by atoms with Crippen LogP contribution in [-0.2, 0) is 4.79 Å². The Labute approximate surface area is 109 Å². The summed E-state index contributed by atoms with van der Waals surface area (Å²) in [5, 5.41) is 0. The fourth-order valence-corrected chi connectivity index (χ4v) is 1.84. The summed E-state index contributed by atoms with van der Waals surface area (Å²) in [5.74, 6) is 0.0817. The van der Waals surface area contributed by atoms with E-state index in [0.29, 0.717) is 24.7 Å². The number of halogens is 2. The Morgan fingerprint density at radius 3 is 2.88 bits per heavy atom. The van der Waals surface area contributed by atoms with Crippen molar-refractivity contribution in [3.63, 3.8) is 0 Å². The quantitative estimate of drug-likeness (QED) is 0.738. The van der Waals surface area contributed by atoms with E-state index >= 15 is 0 Å². The Hall–Kier alpha value is -1.000. The molecule has 1 aliphatic rings. The molecule has 0 saturated carbocycles. The van der Waals surface area contributed by atoms with Crippen molar-refractivity contribution in [1.82, 2.24) is 4.98 Å². The Morgan fingerprint density at radius 1 is 1.53 bits per heavy atom. The van der Waals surface area contributed by atoms with E-state index in [1.807, 2.05) is 13.0 Å². The molecule has 1 aliphatic heterocycles. The minimum absolute atomic E-state index is 0.365. The highest BCUT2D eigenvalue weighted by Crippen LogP contribution is 2.33. The molecule has 0 spiro atoms. The van der Waals surface area contributed by atoms with Crippen LogP contribution in [0.5, 0.6) is 5.88 Å². The standard InChI is InChI=1S/C11H12Cl2N2O2/c1-7-3-4-8-9(14-7)17-6-5-15(8)10(16)11(2,12)13/h3-4H,5-6H2,1-2H3. The lowest BCUT2D eigenvalue weighted by Crippen LogP contribution is -2.45. The zero-order valence-electron chi connectivity index (χ0n) is 9.54. The normalized spacial score (nSPS) is 15.2. The van der Waals surface area contributed by atoms with Gasteiger partial charge in [-0.1, -0.05) is 23.2 Å². The van der Waals surface area contributed by atoms with Crippen LogP contribution in [0.2, 0.25) is 0 Å². The number of hydrogen-bond acceptors (Lipinski definition) is 3. The summed E-state index contributed by atoms with van der Waals surface area (Å²) in [6, 6.07) is 3.60. The van der Waals surface area contributed by atoms with E-state index in [1.54, 1.807) is 6.07 Å². The molecule has 0 atom stereocenters. The fourth-order valence-electron chi connectivity index (χ4n) is 1.64. The van der Waals surface area contributed by atoms with Crippen LogP contribution in [0.1, 0.15) is 12.6 Å². The lowest BCUT2D eigenvalue weighted by Gasteiger charge is -2.31. The first-order valence-electron chi connectivity index (χ1n) is 5.20. The van der Waals surface area contributed by atoms with Crippen molar-refractivity contribution in [3.8, 4) is 5.88 Å². The number of nitrogens with zero attached hydrogens (tertiary/aromatic N) is 2. The van der Waals surface area contributed by atoms with Crippen molar-refractivity contribution in [1.29, 1.82) is 0 Å². The Bertz CT molecular complexity index is 457. The molecule has 17 heavy (non-hydrogen) atoms. The van der Waals surface area contributed by atoms with Gasteiger partial charge >= 0.3 is 0 Å². The summed E-state index contributed by atoms with van der Waals surface area (Å²) in [4.78, 5) is 17.8. The number of fused-ring (bicyclic) bond motifs is 1. The van der Waals surface area contributed by atoms with Gasteiger partial charge < -0.3 is 9.64 Å². The number of aryl methyl sites for hydroxylation is 1. The van der Waals surface area contributed by atoms with E-state index in [0.717, 1.165) is 5.69 Å². The largest absolute Gasteiger partial charge is 0.474 e. The Kier molecular flexibility index (Phi) is 3.19. The van der Waals surface area contributed by atoms with Gasteiger partial charge in [0.05, 0.1) is 6.54 Å². The van der Waals surface area contributed by atoms with Crippen LogP contribution >= 0.6 is 23.2 Å². The number of anilines is 1. The maximum atomic E-state index is 12.0. The molecular formula is C11H12Cl2N2O2. The van der Waals surface area contributed by atoms with Crippen molar-refractivity contribution in [2.45, 2.75) is 18.2 Å². The van der Waals surface area contributed by atoms with Crippen molar-refractivity contribution in [3.05, 3.63) is 17.8 Å². The Morgan fingerprint density at radius 2 is 2.24 bits per heavy atom. The second kappa shape index (κ2) is 4.35. The molecule has 0 fully saturated rings. The lowest BCUT2D eigenvalue weighted by molar-refractivity contribution is -0.119. The lowest BCUT2D eigenvalue weighted by atomic mass is 10.2.